The van der Waals surface area contributed by atoms with Crippen molar-refractivity contribution in [2.24, 2.45) is 0 Å². The van der Waals surface area contributed by atoms with Crippen molar-refractivity contribution in [3.8, 4) is 28.4 Å². The first-order chi connectivity index (χ1) is 18.3. The van der Waals surface area contributed by atoms with Gasteiger partial charge in [0.1, 0.15) is 28.5 Å². The van der Waals surface area contributed by atoms with E-state index in [0.29, 0.717) is 23.3 Å². The first-order valence-electron chi connectivity index (χ1n) is 11.4. The Bertz CT molecular complexity index is 1430. The van der Waals surface area contributed by atoms with Crippen LogP contribution in [0.25, 0.3) is 16.9 Å². The number of hydrogen-bond acceptors (Lipinski definition) is 7. The lowest BCUT2D eigenvalue weighted by atomic mass is 10.1. The SMILES string of the molecule is CCOC(=O)/C(C=N)=C(/Nc1ccc(-n2cc(-c3ccc(Oc4ccccc4)cc3)nn2)cc1)C(F)(F)F. The molecule has 0 unspecified atom stereocenters. The van der Waals surface area contributed by atoms with Crippen LogP contribution in [-0.2, 0) is 9.53 Å². The summed E-state index contributed by atoms with van der Waals surface area (Å²) >= 11 is 0. The van der Waals surface area contributed by atoms with Gasteiger partial charge in [0.25, 0.3) is 0 Å². The molecule has 4 aromatic rings. The van der Waals surface area contributed by atoms with Gasteiger partial charge in [-0.05, 0) is 67.6 Å². The van der Waals surface area contributed by atoms with Crippen molar-refractivity contribution in [1.82, 2.24) is 15.0 Å². The molecule has 3 aromatic carbocycles. The van der Waals surface area contributed by atoms with Gasteiger partial charge in [0, 0.05) is 17.5 Å². The number of benzene rings is 3. The maximum Gasteiger partial charge on any atom is 0.432 e. The van der Waals surface area contributed by atoms with Gasteiger partial charge in [-0.15, -0.1) is 5.10 Å². The monoisotopic (exact) mass is 521 g/mol. The zero-order valence-electron chi connectivity index (χ0n) is 20.1. The van der Waals surface area contributed by atoms with Crippen molar-refractivity contribution >= 4 is 17.9 Å². The molecule has 4 rings (SSSR count). The van der Waals surface area contributed by atoms with E-state index >= 15 is 0 Å². The molecule has 0 fully saturated rings. The van der Waals surface area contributed by atoms with Crippen LogP contribution in [0.3, 0.4) is 0 Å². The zero-order chi connectivity index (χ0) is 27.1. The van der Waals surface area contributed by atoms with Crippen molar-refractivity contribution in [2.75, 3.05) is 11.9 Å². The Hall–Kier alpha value is -4.93. The Morgan fingerprint density at radius 3 is 2.26 bits per heavy atom. The number of hydrogen-bond donors (Lipinski definition) is 2. The van der Waals surface area contributed by atoms with Gasteiger partial charge < -0.3 is 20.2 Å². The van der Waals surface area contributed by atoms with Gasteiger partial charge in [-0.3, -0.25) is 0 Å². The van der Waals surface area contributed by atoms with Gasteiger partial charge >= 0.3 is 12.1 Å². The number of anilines is 1. The van der Waals surface area contributed by atoms with E-state index in [0.717, 1.165) is 11.3 Å². The van der Waals surface area contributed by atoms with Crippen molar-refractivity contribution in [3.63, 3.8) is 0 Å². The summed E-state index contributed by atoms with van der Waals surface area (Å²) in [5.74, 6) is 0.141. The zero-order valence-corrected chi connectivity index (χ0v) is 20.1. The van der Waals surface area contributed by atoms with E-state index in [1.807, 2.05) is 54.6 Å². The highest BCUT2D eigenvalue weighted by molar-refractivity contribution is 6.09. The van der Waals surface area contributed by atoms with Crippen LogP contribution >= 0.6 is 0 Å². The molecule has 11 heteroatoms. The van der Waals surface area contributed by atoms with Crippen LogP contribution in [0.15, 0.2) is 96.3 Å². The van der Waals surface area contributed by atoms with Gasteiger partial charge in [0.05, 0.1) is 18.5 Å². The van der Waals surface area contributed by atoms with Crippen molar-refractivity contribution in [3.05, 3.63) is 96.3 Å². The van der Waals surface area contributed by atoms with Crippen molar-refractivity contribution in [2.45, 2.75) is 13.1 Å². The summed E-state index contributed by atoms with van der Waals surface area (Å²) in [5.41, 5.74) is -0.322. The first-order valence-corrected chi connectivity index (χ1v) is 11.4. The van der Waals surface area contributed by atoms with Crippen LogP contribution in [0.4, 0.5) is 18.9 Å². The largest absolute Gasteiger partial charge is 0.462 e. The van der Waals surface area contributed by atoms with Crippen LogP contribution < -0.4 is 10.1 Å². The molecule has 0 spiro atoms. The lowest BCUT2D eigenvalue weighted by Gasteiger charge is -2.17. The smallest absolute Gasteiger partial charge is 0.432 e. The fourth-order valence-corrected chi connectivity index (χ4v) is 3.42. The molecule has 38 heavy (non-hydrogen) atoms. The molecule has 0 saturated carbocycles. The van der Waals surface area contributed by atoms with Crippen LogP contribution in [0.1, 0.15) is 6.92 Å². The molecule has 1 heterocycles. The van der Waals surface area contributed by atoms with E-state index in [4.69, 9.17) is 10.1 Å². The molecular weight excluding hydrogens is 499 g/mol. The van der Waals surface area contributed by atoms with Crippen LogP contribution in [0.2, 0.25) is 0 Å². The molecule has 194 valence electrons. The third-order valence-electron chi connectivity index (χ3n) is 5.22. The molecule has 0 aliphatic rings. The molecule has 8 nitrogen and oxygen atoms in total. The number of carbonyl (C=O) groups is 1. The number of nitrogens with one attached hydrogen (secondary N) is 2. The number of carbonyl (C=O) groups excluding carboxylic acids is 1. The van der Waals surface area contributed by atoms with Gasteiger partial charge in [-0.25, -0.2) is 9.48 Å². The number of para-hydroxylation sites is 1. The molecule has 0 aliphatic carbocycles. The third kappa shape index (κ3) is 6.25. The van der Waals surface area contributed by atoms with Crippen LogP contribution in [0.5, 0.6) is 11.5 Å². The van der Waals surface area contributed by atoms with Crippen LogP contribution in [-0.4, -0.2) is 40.0 Å². The summed E-state index contributed by atoms with van der Waals surface area (Å²) in [6.45, 7) is 1.34. The second-order valence-electron chi connectivity index (χ2n) is 7.81. The highest BCUT2D eigenvalue weighted by atomic mass is 19.4. The number of allylic oxidation sites excluding steroid dienone is 1. The maximum absolute atomic E-state index is 13.6. The number of alkyl halides is 3. The average Bonchev–Trinajstić information content (AvgIpc) is 3.40. The minimum absolute atomic E-state index is 0.0547. The minimum atomic E-state index is -4.92. The van der Waals surface area contributed by atoms with E-state index in [-0.39, 0.29) is 12.3 Å². The summed E-state index contributed by atoms with van der Waals surface area (Å²) in [4.78, 5) is 11.9. The predicted molar refractivity (Wildman–Crippen MR) is 135 cm³/mol. The summed E-state index contributed by atoms with van der Waals surface area (Å²) in [5, 5.41) is 17.7. The highest BCUT2D eigenvalue weighted by Crippen LogP contribution is 2.30. The number of aromatic nitrogens is 3. The topological polar surface area (TPSA) is 102 Å². The highest BCUT2D eigenvalue weighted by Gasteiger charge is 2.38. The van der Waals surface area contributed by atoms with Gasteiger partial charge in [-0.1, -0.05) is 23.4 Å². The number of nitrogens with zero attached hydrogens (tertiary/aromatic N) is 3. The normalized spacial score (nSPS) is 11.9. The minimum Gasteiger partial charge on any atom is -0.462 e. The lowest BCUT2D eigenvalue weighted by Crippen LogP contribution is -2.25. The summed E-state index contributed by atoms with van der Waals surface area (Å²) in [7, 11) is 0. The molecule has 2 N–H and O–H groups in total. The molecule has 0 bridgehead atoms. The Morgan fingerprint density at radius 1 is 1.00 bits per heavy atom. The Labute approximate surface area is 215 Å². The molecule has 0 atom stereocenters. The summed E-state index contributed by atoms with van der Waals surface area (Å²) in [6.07, 6.45) is -2.91. The van der Waals surface area contributed by atoms with Crippen molar-refractivity contribution < 1.29 is 27.4 Å². The maximum atomic E-state index is 13.6. The number of rotatable bonds is 9. The average molecular weight is 521 g/mol. The summed E-state index contributed by atoms with van der Waals surface area (Å²) < 4.78 is 52.8. The fraction of sp³-hybridized carbons (Fsp3) is 0.111. The van der Waals surface area contributed by atoms with E-state index in [9.17, 15) is 18.0 Å². The fourth-order valence-electron chi connectivity index (χ4n) is 3.42. The quantitative estimate of drug-likeness (QED) is 0.155. The molecule has 1 aromatic heterocycles. The Kier molecular flexibility index (Phi) is 7.86. The third-order valence-corrected chi connectivity index (χ3v) is 5.22. The summed E-state index contributed by atoms with van der Waals surface area (Å²) in [6, 6.07) is 22.6. The Morgan fingerprint density at radius 2 is 1.66 bits per heavy atom. The van der Waals surface area contributed by atoms with Gasteiger partial charge in [0.2, 0.25) is 0 Å². The number of ether oxygens (including phenoxy) is 2. The standard InChI is InChI=1S/C27H22F3N5O3/c1-2-37-26(36)23(16-31)25(27(28,29)30)32-19-10-12-20(13-11-19)35-17-24(33-34-35)18-8-14-22(15-9-18)38-21-6-4-3-5-7-21/h3-17,31-32H,2H2,1H3/b25-23+,31-16?. The predicted octanol–water partition coefficient (Wildman–Crippen LogP) is 6.17. The van der Waals surface area contributed by atoms with E-state index in [2.05, 4.69) is 20.4 Å². The number of halogens is 3. The van der Waals surface area contributed by atoms with Crippen molar-refractivity contribution in [1.29, 1.82) is 5.41 Å². The van der Waals surface area contributed by atoms with E-state index < -0.39 is 23.4 Å². The first kappa shape index (κ1) is 26.1. The molecule has 0 amide bonds. The second kappa shape index (κ2) is 11.4. The van der Waals surface area contributed by atoms with Gasteiger partial charge in [-0.2, -0.15) is 13.2 Å². The molecule has 0 aliphatic heterocycles. The van der Waals surface area contributed by atoms with Gasteiger partial charge in [0.15, 0.2) is 0 Å². The number of esters is 1. The lowest BCUT2D eigenvalue weighted by molar-refractivity contribution is -0.139. The molecular formula is C27H22F3N5O3. The van der Waals surface area contributed by atoms with Crippen LogP contribution in [0, 0.1) is 5.41 Å². The molecule has 0 saturated heterocycles. The van der Waals surface area contributed by atoms with E-state index in [1.54, 1.807) is 18.3 Å². The Balaban J connectivity index is 1.49. The van der Waals surface area contributed by atoms with E-state index in [1.165, 1.54) is 23.7 Å². The molecule has 0 radical (unpaired) electrons. The second-order valence-corrected chi connectivity index (χ2v) is 7.81.